The van der Waals surface area contributed by atoms with Gasteiger partial charge < -0.3 is 9.09 Å². The van der Waals surface area contributed by atoms with Crippen LogP contribution in [0.3, 0.4) is 0 Å². The van der Waals surface area contributed by atoms with Gasteiger partial charge in [0.2, 0.25) is 0 Å². The van der Waals surface area contributed by atoms with Crippen LogP contribution in [-0.2, 0) is 16.4 Å². The van der Waals surface area contributed by atoms with Crippen LogP contribution in [0.2, 0.25) is 5.02 Å². The fraction of sp³-hybridized carbons (Fsp3) is 0.136. The largest absolute Gasteiger partial charge is 0.360 e. The molecule has 0 spiro atoms. The number of fused-ring (bicyclic) bond motifs is 1. The van der Waals surface area contributed by atoms with Gasteiger partial charge in [-0.3, -0.25) is 4.79 Å². The summed E-state index contributed by atoms with van der Waals surface area (Å²) in [5, 5.41) is 4.43. The lowest BCUT2D eigenvalue weighted by Crippen LogP contribution is -2.16. The Bertz CT molecular complexity index is 1590. The van der Waals surface area contributed by atoms with Gasteiger partial charge in [0, 0.05) is 11.8 Å². The van der Waals surface area contributed by atoms with E-state index in [1.54, 1.807) is 47.9 Å². The van der Waals surface area contributed by atoms with E-state index >= 15 is 0 Å². The van der Waals surface area contributed by atoms with Gasteiger partial charge in [-0.15, -0.1) is 6.42 Å². The second-order valence-electron chi connectivity index (χ2n) is 6.94. The van der Waals surface area contributed by atoms with Crippen molar-refractivity contribution in [3.63, 3.8) is 0 Å². The van der Waals surface area contributed by atoms with E-state index in [1.807, 2.05) is 0 Å². The summed E-state index contributed by atoms with van der Waals surface area (Å²) in [6.07, 6.45) is 6.65. The molecule has 0 aliphatic carbocycles. The first-order valence-electron chi connectivity index (χ1n) is 9.28. The number of sulfone groups is 1. The highest BCUT2D eigenvalue weighted by Crippen LogP contribution is 2.31. The lowest BCUT2D eigenvalue weighted by molar-refractivity contribution is 0.0997. The van der Waals surface area contributed by atoms with Crippen LogP contribution >= 0.6 is 22.9 Å². The highest BCUT2D eigenvalue weighted by Gasteiger charge is 2.23. The highest BCUT2D eigenvalue weighted by atomic mass is 35.5. The highest BCUT2D eigenvalue weighted by molar-refractivity contribution is 7.90. The number of benzene rings is 2. The number of hydrogen-bond acceptors (Lipinski definition) is 6. The molecule has 0 N–H and O–H groups in total. The molecule has 7 nitrogen and oxygen atoms in total. The molecule has 0 unspecified atom stereocenters. The van der Waals surface area contributed by atoms with Gasteiger partial charge in [0.15, 0.2) is 14.6 Å². The number of amides is 1. The molecule has 0 fully saturated rings. The second kappa shape index (κ2) is 8.39. The maximum Gasteiger partial charge on any atom is 0.285 e. The van der Waals surface area contributed by atoms with Crippen molar-refractivity contribution in [1.29, 1.82) is 0 Å². The Morgan fingerprint density at radius 3 is 2.75 bits per heavy atom. The summed E-state index contributed by atoms with van der Waals surface area (Å²) in [6.45, 7) is 1.78. The molecule has 0 aliphatic rings. The SMILES string of the molecule is C#CCn1c(=NC(=O)c2c(-c3ccccc3Cl)noc2C)sc2cc(S(C)(=O)=O)ccc21. The van der Waals surface area contributed by atoms with Gasteiger partial charge in [0.1, 0.15) is 17.0 Å². The zero-order valence-corrected chi connectivity index (χ0v) is 19.4. The minimum absolute atomic E-state index is 0.157. The van der Waals surface area contributed by atoms with Gasteiger partial charge in [-0.05, 0) is 31.2 Å². The molecule has 32 heavy (non-hydrogen) atoms. The van der Waals surface area contributed by atoms with Crippen LogP contribution in [0.1, 0.15) is 16.1 Å². The van der Waals surface area contributed by atoms with Gasteiger partial charge in [-0.25, -0.2) is 8.42 Å². The van der Waals surface area contributed by atoms with E-state index in [9.17, 15) is 13.2 Å². The van der Waals surface area contributed by atoms with Crippen LogP contribution in [0.15, 0.2) is 56.9 Å². The molecule has 4 rings (SSSR count). The van der Waals surface area contributed by atoms with E-state index in [0.717, 1.165) is 6.26 Å². The molecule has 0 bridgehead atoms. The van der Waals surface area contributed by atoms with E-state index in [2.05, 4.69) is 16.1 Å². The van der Waals surface area contributed by atoms with Crippen molar-refractivity contribution >= 4 is 48.9 Å². The number of thiazole rings is 1. The molecule has 2 aromatic carbocycles. The van der Waals surface area contributed by atoms with Crippen molar-refractivity contribution in [2.24, 2.45) is 4.99 Å². The number of rotatable bonds is 4. The first kappa shape index (κ1) is 22.0. The number of aromatic nitrogens is 2. The predicted molar refractivity (Wildman–Crippen MR) is 123 cm³/mol. The Morgan fingerprint density at radius 2 is 2.06 bits per heavy atom. The smallest absolute Gasteiger partial charge is 0.285 e. The molecule has 10 heteroatoms. The summed E-state index contributed by atoms with van der Waals surface area (Å²) >= 11 is 7.45. The zero-order valence-electron chi connectivity index (χ0n) is 17.0. The first-order chi connectivity index (χ1) is 15.2. The van der Waals surface area contributed by atoms with E-state index in [-0.39, 0.29) is 17.0 Å². The van der Waals surface area contributed by atoms with Crippen molar-refractivity contribution < 1.29 is 17.7 Å². The Labute approximate surface area is 192 Å². The van der Waals surface area contributed by atoms with Crippen LogP contribution in [0.25, 0.3) is 21.5 Å². The second-order valence-corrected chi connectivity index (χ2v) is 10.4. The number of carbonyl (C=O) groups excluding carboxylic acids is 1. The van der Waals surface area contributed by atoms with Crippen molar-refractivity contribution in [2.75, 3.05) is 6.26 Å². The average molecular weight is 486 g/mol. The minimum atomic E-state index is -3.39. The quantitative estimate of drug-likeness (QED) is 0.406. The summed E-state index contributed by atoms with van der Waals surface area (Å²) in [5.74, 6) is 2.28. The fourth-order valence-corrected chi connectivity index (χ4v) is 5.23. The molecular weight excluding hydrogens is 470 g/mol. The summed E-state index contributed by atoms with van der Waals surface area (Å²) in [6, 6.07) is 11.7. The zero-order chi connectivity index (χ0) is 23.0. The van der Waals surface area contributed by atoms with Crippen LogP contribution in [0.5, 0.6) is 0 Å². The molecule has 0 saturated heterocycles. The number of carbonyl (C=O) groups is 1. The molecule has 1 amide bonds. The van der Waals surface area contributed by atoms with Gasteiger partial charge in [-0.1, -0.05) is 52.2 Å². The summed E-state index contributed by atoms with van der Waals surface area (Å²) in [7, 11) is -3.39. The molecule has 0 radical (unpaired) electrons. The van der Waals surface area contributed by atoms with Gasteiger partial charge in [0.05, 0.1) is 26.7 Å². The van der Waals surface area contributed by atoms with Crippen LogP contribution < -0.4 is 4.80 Å². The molecule has 0 saturated carbocycles. The Balaban J connectivity index is 1.90. The molecule has 0 aliphatic heterocycles. The monoisotopic (exact) mass is 485 g/mol. The number of terminal acetylenes is 1. The van der Waals surface area contributed by atoms with Crippen LogP contribution in [0.4, 0.5) is 0 Å². The molecular formula is C22H16ClN3O4S2. The fourth-order valence-electron chi connectivity index (χ4n) is 3.22. The number of hydrogen-bond donors (Lipinski definition) is 0. The molecule has 162 valence electrons. The van der Waals surface area contributed by atoms with E-state index in [0.29, 0.717) is 37.1 Å². The van der Waals surface area contributed by atoms with Crippen molar-refractivity contribution in [1.82, 2.24) is 9.72 Å². The number of aryl methyl sites for hydroxylation is 1. The Hall–Kier alpha value is -3.19. The maximum absolute atomic E-state index is 13.2. The lowest BCUT2D eigenvalue weighted by Gasteiger charge is -2.02. The summed E-state index contributed by atoms with van der Waals surface area (Å²) < 4.78 is 31.4. The molecule has 4 aromatic rings. The maximum atomic E-state index is 13.2. The van der Waals surface area contributed by atoms with E-state index in [4.69, 9.17) is 22.5 Å². The third-order valence-electron chi connectivity index (χ3n) is 4.73. The van der Waals surface area contributed by atoms with Crippen LogP contribution in [-0.4, -0.2) is 30.3 Å². The van der Waals surface area contributed by atoms with Crippen molar-refractivity contribution in [3.8, 4) is 23.6 Å². The Kier molecular flexibility index (Phi) is 5.77. The lowest BCUT2D eigenvalue weighted by atomic mass is 10.1. The molecule has 2 aromatic heterocycles. The molecule has 2 heterocycles. The van der Waals surface area contributed by atoms with E-state index < -0.39 is 15.7 Å². The van der Waals surface area contributed by atoms with Gasteiger partial charge >= 0.3 is 0 Å². The summed E-state index contributed by atoms with van der Waals surface area (Å²) in [4.78, 5) is 18.0. The third kappa shape index (κ3) is 4.00. The van der Waals surface area contributed by atoms with Crippen LogP contribution in [0, 0.1) is 19.3 Å². The summed E-state index contributed by atoms with van der Waals surface area (Å²) in [5.41, 5.74) is 1.72. The van der Waals surface area contributed by atoms with E-state index in [1.165, 1.54) is 17.4 Å². The topological polar surface area (TPSA) is 94.5 Å². The Morgan fingerprint density at radius 1 is 1.31 bits per heavy atom. The normalized spacial score (nSPS) is 12.2. The van der Waals surface area contributed by atoms with Gasteiger partial charge in [0.25, 0.3) is 5.91 Å². The number of nitrogens with zero attached hydrogens (tertiary/aromatic N) is 3. The van der Waals surface area contributed by atoms with Crippen molar-refractivity contribution in [2.45, 2.75) is 18.4 Å². The standard InChI is InChI=1S/C22H16ClN3O4S2/c1-4-11-26-17-10-9-14(32(3,28)29)12-18(17)31-22(26)24-21(27)19-13(2)30-25-20(19)15-7-5-6-8-16(15)23/h1,5-10,12H,11H2,2-3H3. The predicted octanol–water partition coefficient (Wildman–Crippen LogP) is 4.10. The first-order valence-corrected chi connectivity index (χ1v) is 12.4. The number of halogens is 1. The third-order valence-corrected chi connectivity index (χ3v) is 7.22. The van der Waals surface area contributed by atoms with Gasteiger partial charge in [-0.2, -0.15) is 4.99 Å². The minimum Gasteiger partial charge on any atom is -0.360 e. The molecule has 0 atom stereocenters. The van der Waals surface area contributed by atoms with Crippen molar-refractivity contribution in [3.05, 3.63) is 63.6 Å². The average Bonchev–Trinajstić information content (AvgIpc) is 3.28.